The summed E-state index contributed by atoms with van der Waals surface area (Å²) in [5.74, 6) is 1.79. The molecule has 5 aliphatic rings. The number of carboxylic acid groups (broad SMARTS) is 1. The van der Waals surface area contributed by atoms with Gasteiger partial charge in [-0.1, -0.05) is 32.6 Å². The highest BCUT2D eigenvalue weighted by atomic mass is 16.5. The summed E-state index contributed by atoms with van der Waals surface area (Å²) < 4.78 is 11.1. The van der Waals surface area contributed by atoms with Gasteiger partial charge in [-0.05, 0) is 87.4 Å². The lowest BCUT2D eigenvalue weighted by Gasteiger charge is -2.57. The lowest BCUT2D eigenvalue weighted by atomic mass is 9.48. The quantitative estimate of drug-likeness (QED) is 0.215. The van der Waals surface area contributed by atoms with Gasteiger partial charge in [0.25, 0.3) is 0 Å². The third kappa shape index (κ3) is 5.23. The zero-order chi connectivity index (χ0) is 21.0. The topological polar surface area (TPSA) is 55.8 Å². The zero-order valence-electron chi connectivity index (χ0n) is 19.0. The Bertz CT molecular complexity index is 578. The number of rotatable bonds is 13. The molecule has 1 aliphatic heterocycles. The molecule has 4 aliphatic carbocycles. The first kappa shape index (κ1) is 22.2. The molecular formula is C26H42O4. The van der Waals surface area contributed by atoms with Crippen molar-refractivity contribution in [3.05, 3.63) is 11.8 Å². The van der Waals surface area contributed by atoms with Crippen molar-refractivity contribution in [1.82, 2.24) is 0 Å². The van der Waals surface area contributed by atoms with E-state index in [1.165, 1.54) is 77.0 Å². The van der Waals surface area contributed by atoms with Crippen LogP contribution in [0.25, 0.3) is 0 Å². The van der Waals surface area contributed by atoms with Gasteiger partial charge in [-0.15, -0.1) is 0 Å². The molecule has 0 aromatic carbocycles. The molecule has 1 saturated heterocycles. The van der Waals surface area contributed by atoms with E-state index in [0.29, 0.717) is 24.0 Å². The average molecular weight is 419 g/mol. The van der Waals surface area contributed by atoms with E-state index in [4.69, 9.17) is 9.47 Å². The van der Waals surface area contributed by atoms with Gasteiger partial charge in [0.1, 0.15) is 0 Å². The average Bonchev–Trinajstić information content (AvgIpc) is 2.66. The lowest BCUT2D eigenvalue weighted by Crippen LogP contribution is -2.46. The van der Waals surface area contributed by atoms with Crippen molar-refractivity contribution in [1.29, 1.82) is 0 Å². The predicted octanol–water partition coefficient (Wildman–Crippen LogP) is 6.35. The molecule has 0 aromatic rings. The van der Waals surface area contributed by atoms with Crippen LogP contribution >= 0.6 is 0 Å². The molecule has 0 aromatic heterocycles. The fourth-order valence-corrected chi connectivity index (χ4v) is 7.37. The van der Waals surface area contributed by atoms with Crippen molar-refractivity contribution < 1.29 is 19.4 Å². The third-order valence-corrected chi connectivity index (χ3v) is 8.77. The first-order valence-electron chi connectivity index (χ1n) is 12.6. The number of ether oxygens (including phenoxy) is 2. The first-order chi connectivity index (χ1) is 14.5. The van der Waals surface area contributed by atoms with Crippen LogP contribution in [0.1, 0.15) is 96.8 Å². The van der Waals surface area contributed by atoms with E-state index in [9.17, 15) is 9.90 Å². The molecule has 5 fully saturated rings. The predicted molar refractivity (Wildman–Crippen MR) is 118 cm³/mol. The zero-order valence-corrected chi connectivity index (χ0v) is 19.0. The number of carbonyl (C=O) groups is 1. The van der Waals surface area contributed by atoms with E-state index in [0.717, 1.165) is 37.4 Å². The number of unbranched alkanes of at least 4 members (excludes halogenated alkanes) is 4. The van der Waals surface area contributed by atoms with Gasteiger partial charge in [0.15, 0.2) is 0 Å². The molecule has 170 valence electrons. The Kier molecular flexibility index (Phi) is 7.12. The fraction of sp³-hybridized carbons (Fsp3) is 0.885. The maximum atomic E-state index is 11.8. The van der Waals surface area contributed by atoms with Gasteiger partial charge in [-0.3, -0.25) is 0 Å². The summed E-state index contributed by atoms with van der Waals surface area (Å²) >= 11 is 0. The van der Waals surface area contributed by atoms with E-state index >= 15 is 0 Å². The molecule has 1 heterocycles. The molecule has 5 rings (SSSR count). The minimum absolute atomic E-state index is 0.254. The van der Waals surface area contributed by atoms with E-state index in [2.05, 4.69) is 6.92 Å². The van der Waals surface area contributed by atoms with Crippen LogP contribution in [0.3, 0.4) is 0 Å². The second kappa shape index (κ2) is 9.63. The van der Waals surface area contributed by atoms with Crippen molar-refractivity contribution in [2.45, 2.75) is 96.8 Å². The molecule has 4 heteroatoms. The van der Waals surface area contributed by atoms with Crippen LogP contribution in [-0.4, -0.2) is 30.9 Å². The molecule has 0 spiro atoms. The Balaban J connectivity index is 1.13. The number of carboxylic acids is 1. The molecule has 0 amide bonds. The smallest absolute Gasteiger partial charge is 0.334 e. The molecule has 0 unspecified atom stereocenters. The van der Waals surface area contributed by atoms with E-state index in [-0.39, 0.29) is 5.41 Å². The van der Waals surface area contributed by atoms with Crippen LogP contribution in [0.4, 0.5) is 0 Å². The molecule has 30 heavy (non-hydrogen) atoms. The van der Waals surface area contributed by atoms with E-state index in [1.54, 1.807) is 6.26 Å². The van der Waals surface area contributed by atoms with Gasteiger partial charge in [0, 0.05) is 5.41 Å². The van der Waals surface area contributed by atoms with Crippen LogP contribution in [0, 0.1) is 28.6 Å². The molecule has 0 atom stereocenters. The Morgan fingerprint density at radius 2 is 1.60 bits per heavy atom. The maximum Gasteiger partial charge on any atom is 0.334 e. The molecule has 4 bridgehead atoms. The molecule has 1 N–H and O–H groups in total. The minimum Gasteiger partial charge on any atom is -0.501 e. The van der Waals surface area contributed by atoms with Gasteiger partial charge in [-0.25, -0.2) is 4.79 Å². The Morgan fingerprint density at radius 3 is 2.13 bits per heavy atom. The van der Waals surface area contributed by atoms with Crippen molar-refractivity contribution in [2.75, 3.05) is 19.8 Å². The summed E-state index contributed by atoms with van der Waals surface area (Å²) in [5, 5.41) is 9.73. The monoisotopic (exact) mass is 418 g/mol. The fourth-order valence-electron chi connectivity index (χ4n) is 7.37. The first-order valence-corrected chi connectivity index (χ1v) is 12.6. The highest BCUT2D eigenvalue weighted by Gasteiger charge is 2.51. The molecule has 0 radical (unpaired) electrons. The van der Waals surface area contributed by atoms with Gasteiger partial charge in [-0.2, -0.15) is 0 Å². The van der Waals surface area contributed by atoms with Crippen LogP contribution in [0.2, 0.25) is 0 Å². The second-order valence-corrected chi connectivity index (χ2v) is 11.3. The summed E-state index contributed by atoms with van der Waals surface area (Å²) in [5.41, 5.74) is 1.24. The summed E-state index contributed by atoms with van der Waals surface area (Å²) in [6.07, 6.45) is 18.8. The second-order valence-electron chi connectivity index (χ2n) is 11.3. The normalized spacial score (nSPS) is 34.0. The maximum absolute atomic E-state index is 11.8. The van der Waals surface area contributed by atoms with Crippen molar-refractivity contribution in [3.8, 4) is 0 Å². The molecular weight excluding hydrogens is 376 g/mol. The lowest BCUT2D eigenvalue weighted by molar-refractivity contribution is -0.134. The minimum atomic E-state index is -0.782. The van der Waals surface area contributed by atoms with Crippen LogP contribution in [-0.2, 0) is 14.3 Å². The number of hydrogen-bond donors (Lipinski definition) is 1. The largest absolute Gasteiger partial charge is 0.501 e. The third-order valence-electron chi connectivity index (χ3n) is 8.77. The van der Waals surface area contributed by atoms with E-state index in [1.807, 2.05) is 0 Å². The van der Waals surface area contributed by atoms with Gasteiger partial charge in [0.2, 0.25) is 0 Å². The SMILES string of the molecule is CCC1(CCCCCCCOC=C(CC23CC4CC(CC(C4)C2)C3)C(=O)O)COC1. The van der Waals surface area contributed by atoms with Crippen LogP contribution in [0.5, 0.6) is 0 Å². The van der Waals surface area contributed by atoms with Crippen LogP contribution < -0.4 is 0 Å². The Morgan fingerprint density at radius 1 is 1.00 bits per heavy atom. The van der Waals surface area contributed by atoms with Crippen molar-refractivity contribution in [3.63, 3.8) is 0 Å². The van der Waals surface area contributed by atoms with E-state index < -0.39 is 5.97 Å². The Hall–Kier alpha value is -1.03. The summed E-state index contributed by atoms with van der Waals surface area (Å²) in [6.45, 7) is 4.84. The van der Waals surface area contributed by atoms with Gasteiger partial charge in [0.05, 0.1) is 31.7 Å². The number of hydrogen-bond acceptors (Lipinski definition) is 3. The highest BCUT2D eigenvalue weighted by Crippen LogP contribution is 2.62. The van der Waals surface area contributed by atoms with Crippen molar-refractivity contribution in [2.24, 2.45) is 28.6 Å². The van der Waals surface area contributed by atoms with Crippen LogP contribution in [0.15, 0.2) is 11.8 Å². The standard InChI is InChI=1S/C26H42O4/c1-2-25(18-30-19-25)8-6-4-3-5-7-9-29-17-23(24(27)28)16-26-13-20-10-21(14-26)12-22(11-20)15-26/h17,20-22H,2-16,18-19H2,1H3,(H,27,28). The summed E-state index contributed by atoms with van der Waals surface area (Å²) in [7, 11) is 0. The van der Waals surface area contributed by atoms with Crippen molar-refractivity contribution >= 4 is 5.97 Å². The molecule has 4 nitrogen and oxygen atoms in total. The number of aliphatic carboxylic acids is 1. The van der Waals surface area contributed by atoms with Gasteiger partial charge < -0.3 is 14.6 Å². The summed E-state index contributed by atoms with van der Waals surface area (Å²) in [6, 6.07) is 0. The van der Waals surface area contributed by atoms with Gasteiger partial charge >= 0.3 is 5.97 Å². The summed E-state index contributed by atoms with van der Waals surface area (Å²) in [4.78, 5) is 11.8. The highest BCUT2D eigenvalue weighted by molar-refractivity contribution is 5.86. The molecule has 4 saturated carbocycles. The Labute approximate surface area is 182 Å².